The average molecular weight is 432 g/mol. The molecule has 0 saturated carbocycles. The van der Waals surface area contributed by atoms with Crippen LogP contribution in [0.25, 0.3) is 0 Å². The van der Waals surface area contributed by atoms with E-state index in [0.29, 0.717) is 13.2 Å². The topological polar surface area (TPSA) is 72.5 Å². The molecule has 0 aliphatic carbocycles. The lowest BCUT2D eigenvalue weighted by Crippen LogP contribution is -2.28. The number of rotatable bonds is 17. The van der Waals surface area contributed by atoms with E-state index < -0.39 is 17.3 Å². The number of amides is 1. The Balaban J connectivity index is 2.40. The predicted molar refractivity (Wildman–Crippen MR) is 127 cm³/mol. The van der Waals surface area contributed by atoms with Crippen molar-refractivity contribution in [3.8, 4) is 0 Å². The van der Waals surface area contributed by atoms with Gasteiger partial charge in [0, 0.05) is 6.54 Å². The van der Waals surface area contributed by atoms with Crippen molar-refractivity contribution in [1.29, 1.82) is 0 Å². The number of nitrogens with one attached hydrogen (secondary N) is 1. The van der Waals surface area contributed by atoms with Crippen molar-refractivity contribution in [2.45, 2.75) is 97.3 Å². The van der Waals surface area contributed by atoms with E-state index in [9.17, 15) is 14.4 Å². The van der Waals surface area contributed by atoms with Crippen molar-refractivity contribution < 1.29 is 14.3 Å². The Morgan fingerprint density at radius 3 is 1.94 bits per heavy atom. The van der Waals surface area contributed by atoms with E-state index in [0.717, 1.165) is 32.1 Å². The molecule has 1 rings (SSSR count). The first-order chi connectivity index (χ1) is 15.1. The molecule has 0 aliphatic heterocycles. The Labute approximate surface area is 188 Å². The Kier molecular flexibility index (Phi) is 15.2. The van der Waals surface area contributed by atoms with Gasteiger partial charge in [-0.25, -0.2) is 4.79 Å². The van der Waals surface area contributed by atoms with Crippen LogP contribution in [0.15, 0.2) is 29.1 Å². The van der Waals surface area contributed by atoms with E-state index in [1.54, 1.807) is 0 Å². The van der Waals surface area contributed by atoms with E-state index >= 15 is 0 Å². The van der Waals surface area contributed by atoms with Gasteiger partial charge >= 0.3 is 5.97 Å². The third-order valence-electron chi connectivity index (χ3n) is 5.39. The summed E-state index contributed by atoms with van der Waals surface area (Å²) in [6.45, 7) is 5.31. The highest BCUT2D eigenvalue weighted by molar-refractivity contribution is 5.95. The standard InChI is InChI=1S/C26H41NO4/c1-3-5-7-9-11-12-14-20-27-25(29)23-18-16-22(17-19-24(23)28)26(30)31-21-15-13-10-8-6-4-2/h16-19H,3-15,20-21H2,1-2H3,(H,27,29). The van der Waals surface area contributed by atoms with Crippen LogP contribution in [0.2, 0.25) is 0 Å². The molecular weight excluding hydrogens is 390 g/mol. The normalized spacial score (nSPS) is 10.6. The fraction of sp³-hybridized carbons (Fsp3) is 0.654. The average Bonchev–Trinajstić information content (AvgIpc) is 2.96. The third-order valence-corrected chi connectivity index (χ3v) is 5.39. The monoisotopic (exact) mass is 431 g/mol. The molecule has 1 aromatic rings. The minimum Gasteiger partial charge on any atom is -0.462 e. The summed E-state index contributed by atoms with van der Waals surface area (Å²) in [5, 5.41) is 2.81. The first-order valence-corrected chi connectivity index (χ1v) is 12.2. The Bertz CT molecular complexity index is 702. The third kappa shape index (κ3) is 12.3. The van der Waals surface area contributed by atoms with E-state index in [-0.39, 0.29) is 11.1 Å². The van der Waals surface area contributed by atoms with Gasteiger partial charge in [0.25, 0.3) is 5.91 Å². The van der Waals surface area contributed by atoms with Crippen LogP contribution in [0.1, 0.15) is 118 Å². The smallest absolute Gasteiger partial charge is 0.338 e. The molecule has 0 unspecified atom stereocenters. The summed E-state index contributed by atoms with van der Waals surface area (Å²) in [4.78, 5) is 36.8. The van der Waals surface area contributed by atoms with Gasteiger partial charge in [-0.3, -0.25) is 9.59 Å². The van der Waals surface area contributed by atoms with Crippen molar-refractivity contribution in [3.05, 3.63) is 45.6 Å². The van der Waals surface area contributed by atoms with Gasteiger partial charge in [-0.15, -0.1) is 0 Å². The highest BCUT2D eigenvalue weighted by Crippen LogP contribution is 2.08. The number of hydrogen-bond donors (Lipinski definition) is 1. The Hall–Kier alpha value is -2.17. The van der Waals surface area contributed by atoms with E-state index in [2.05, 4.69) is 19.2 Å². The van der Waals surface area contributed by atoms with Crippen LogP contribution in [0, 0.1) is 0 Å². The molecule has 174 valence electrons. The van der Waals surface area contributed by atoms with Gasteiger partial charge < -0.3 is 10.1 Å². The van der Waals surface area contributed by atoms with Crippen LogP contribution < -0.4 is 10.7 Å². The van der Waals surface area contributed by atoms with Gasteiger partial charge in [-0.2, -0.15) is 0 Å². The van der Waals surface area contributed by atoms with E-state index in [1.165, 1.54) is 75.6 Å². The summed E-state index contributed by atoms with van der Waals surface area (Å²) in [7, 11) is 0. The van der Waals surface area contributed by atoms with Crippen LogP contribution in [-0.2, 0) is 4.74 Å². The van der Waals surface area contributed by atoms with Gasteiger partial charge in [0.1, 0.15) is 0 Å². The summed E-state index contributed by atoms with van der Waals surface area (Å²) < 4.78 is 5.30. The lowest BCUT2D eigenvalue weighted by atomic mass is 10.1. The molecule has 0 bridgehead atoms. The number of hydrogen-bond acceptors (Lipinski definition) is 4. The fourth-order valence-corrected chi connectivity index (χ4v) is 3.40. The molecule has 1 aromatic carbocycles. The maximum Gasteiger partial charge on any atom is 0.338 e. The molecule has 0 saturated heterocycles. The summed E-state index contributed by atoms with van der Waals surface area (Å²) in [5.74, 6) is -0.850. The van der Waals surface area contributed by atoms with Gasteiger partial charge in [-0.05, 0) is 37.1 Å². The molecule has 0 aromatic heterocycles. The van der Waals surface area contributed by atoms with Gasteiger partial charge in [0.05, 0.1) is 17.7 Å². The zero-order valence-electron chi connectivity index (χ0n) is 19.5. The molecule has 0 fully saturated rings. The summed E-state index contributed by atoms with van der Waals surface area (Å²) in [5.41, 5.74) is -0.0563. The van der Waals surface area contributed by atoms with Crippen molar-refractivity contribution in [3.63, 3.8) is 0 Å². The first-order valence-electron chi connectivity index (χ1n) is 12.2. The number of unbranched alkanes of at least 4 members (excludes halogenated alkanes) is 11. The molecule has 5 heteroatoms. The minimum atomic E-state index is -0.460. The molecule has 0 spiro atoms. The van der Waals surface area contributed by atoms with Gasteiger partial charge in [0.15, 0.2) is 5.43 Å². The number of ether oxygens (including phenoxy) is 1. The second kappa shape index (κ2) is 17.5. The van der Waals surface area contributed by atoms with Crippen molar-refractivity contribution in [2.24, 2.45) is 0 Å². The first kappa shape index (κ1) is 26.9. The molecule has 0 radical (unpaired) electrons. The number of carbonyl (C=O) groups is 2. The second-order valence-electron chi connectivity index (χ2n) is 8.18. The summed E-state index contributed by atoms with van der Waals surface area (Å²) in [6, 6.07) is 5.61. The van der Waals surface area contributed by atoms with Crippen LogP contribution >= 0.6 is 0 Å². The summed E-state index contributed by atoms with van der Waals surface area (Å²) >= 11 is 0. The van der Waals surface area contributed by atoms with Crippen molar-refractivity contribution >= 4 is 11.9 Å². The number of esters is 1. The van der Waals surface area contributed by atoms with Crippen LogP contribution in [-0.4, -0.2) is 25.0 Å². The largest absolute Gasteiger partial charge is 0.462 e. The summed E-state index contributed by atoms with van der Waals surface area (Å²) in [6.07, 6.45) is 14.9. The highest BCUT2D eigenvalue weighted by atomic mass is 16.5. The van der Waals surface area contributed by atoms with Crippen molar-refractivity contribution in [1.82, 2.24) is 5.32 Å². The number of carbonyl (C=O) groups excluding carboxylic acids is 2. The van der Waals surface area contributed by atoms with E-state index in [4.69, 9.17) is 4.74 Å². The fourth-order valence-electron chi connectivity index (χ4n) is 3.40. The molecular formula is C26H41NO4. The molecule has 0 aliphatic rings. The molecule has 5 nitrogen and oxygen atoms in total. The van der Waals surface area contributed by atoms with Gasteiger partial charge in [-0.1, -0.05) is 84.5 Å². The predicted octanol–water partition coefficient (Wildman–Crippen LogP) is 6.04. The maximum absolute atomic E-state index is 12.4. The van der Waals surface area contributed by atoms with Crippen LogP contribution in [0.5, 0.6) is 0 Å². The zero-order chi connectivity index (χ0) is 22.7. The zero-order valence-corrected chi connectivity index (χ0v) is 19.5. The Morgan fingerprint density at radius 2 is 1.29 bits per heavy atom. The maximum atomic E-state index is 12.4. The van der Waals surface area contributed by atoms with E-state index in [1.807, 2.05) is 0 Å². The lowest BCUT2D eigenvalue weighted by molar-refractivity contribution is 0.0497. The molecule has 0 atom stereocenters. The van der Waals surface area contributed by atoms with Crippen molar-refractivity contribution in [2.75, 3.05) is 13.2 Å². The quantitative estimate of drug-likeness (QED) is 0.241. The second-order valence-corrected chi connectivity index (χ2v) is 8.18. The SMILES string of the molecule is CCCCCCCCCNC(=O)c1ccc(C(=O)OCCCCCCCC)ccc1=O. The van der Waals surface area contributed by atoms with Gasteiger partial charge in [0.2, 0.25) is 0 Å². The highest BCUT2D eigenvalue weighted by Gasteiger charge is 2.11. The molecule has 1 N–H and O–H groups in total. The minimum absolute atomic E-state index is 0.0536. The van der Waals surface area contributed by atoms with Crippen LogP contribution in [0.3, 0.4) is 0 Å². The molecule has 1 amide bonds. The molecule has 0 heterocycles. The molecule has 31 heavy (non-hydrogen) atoms. The Morgan fingerprint density at radius 1 is 0.742 bits per heavy atom. The van der Waals surface area contributed by atoms with Crippen LogP contribution in [0.4, 0.5) is 0 Å². The lowest BCUT2D eigenvalue weighted by Gasteiger charge is -2.04.